The zero-order chi connectivity index (χ0) is 13.5. The largest absolute Gasteiger partial charge is 0.445 e. The van der Waals surface area contributed by atoms with E-state index in [0.717, 1.165) is 38.3 Å². The number of hydrogen-bond donors (Lipinski definition) is 0. The lowest BCUT2D eigenvalue weighted by molar-refractivity contribution is 0.0742. The van der Waals surface area contributed by atoms with Gasteiger partial charge < -0.3 is 9.64 Å². The first-order valence-electron chi connectivity index (χ1n) is 6.58. The molecule has 0 aromatic heterocycles. The smallest absolute Gasteiger partial charge is 0.410 e. The Hall–Kier alpha value is -1.81. The van der Waals surface area contributed by atoms with Gasteiger partial charge in [0.15, 0.2) is 0 Å². The molecule has 1 aromatic carbocycles. The Morgan fingerprint density at radius 2 is 1.89 bits per heavy atom. The summed E-state index contributed by atoms with van der Waals surface area (Å²) in [6.45, 7) is 8.16. The minimum atomic E-state index is -0.220. The number of amides is 1. The number of ether oxygens (including phenoxy) is 1. The molecule has 1 aliphatic heterocycles. The molecule has 2 rings (SSSR count). The van der Waals surface area contributed by atoms with Crippen LogP contribution in [0.5, 0.6) is 0 Å². The Balaban J connectivity index is 1.74. The molecule has 4 heteroatoms. The molecular weight excluding hydrogens is 240 g/mol. The van der Waals surface area contributed by atoms with Crippen molar-refractivity contribution in [3.63, 3.8) is 0 Å². The predicted octanol–water partition coefficient (Wildman–Crippen LogP) is 2.13. The van der Waals surface area contributed by atoms with Crippen LogP contribution in [0.25, 0.3) is 0 Å². The van der Waals surface area contributed by atoms with Crippen LogP contribution >= 0.6 is 0 Å². The minimum Gasteiger partial charge on any atom is -0.445 e. The van der Waals surface area contributed by atoms with Gasteiger partial charge in [-0.25, -0.2) is 4.79 Å². The number of rotatable bonds is 4. The molecule has 0 aliphatic carbocycles. The summed E-state index contributed by atoms with van der Waals surface area (Å²) >= 11 is 0. The molecule has 0 atom stereocenters. The van der Waals surface area contributed by atoms with Gasteiger partial charge in [0.1, 0.15) is 6.61 Å². The fourth-order valence-electron chi connectivity index (χ4n) is 2.11. The highest BCUT2D eigenvalue weighted by Gasteiger charge is 2.21. The quantitative estimate of drug-likeness (QED) is 0.777. The molecule has 1 saturated heterocycles. The molecule has 0 unspecified atom stereocenters. The summed E-state index contributed by atoms with van der Waals surface area (Å²) in [6, 6.07) is 9.74. The number of piperazine rings is 1. The third-order valence-corrected chi connectivity index (χ3v) is 3.22. The van der Waals surface area contributed by atoms with Crippen molar-refractivity contribution in [2.24, 2.45) is 0 Å². The van der Waals surface area contributed by atoms with Crippen LogP contribution in [-0.4, -0.2) is 48.6 Å². The van der Waals surface area contributed by atoms with Gasteiger partial charge in [-0.15, -0.1) is 6.58 Å². The van der Waals surface area contributed by atoms with E-state index in [1.54, 1.807) is 4.90 Å². The summed E-state index contributed by atoms with van der Waals surface area (Å²) in [5.41, 5.74) is 1.01. The zero-order valence-corrected chi connectivity index (χ0v) is 11.1. The Morgan fingerprint density at radius 3 is 2.53 bits per heavy atom. The van der Waals surface area contributed by atoms with Gasteiger partial charge in [0.25, 0.3) is 0 Å². The molecule has 0 spiro atoms. The number of carbonyl (C=O) groups excluding carboxylic acids is 1. The maximum atomic E-state index is 11.9. The molecule has 0 saturated carbocycles. The first kappa shape index (κ1) is 13.6. The predicted molar refractivity (Wildman–Crippen MR) is 74.8 cm³/mol. The first-order chi connectivity index (χ1) is 9.29. The van der Waals surface area contributed by atoms with Gasteiger partial charge in [0.2, 0.25) is 0 Å². The summed E-state index contributed by atoms with van der Waals surface area (Å²) < 4.78 is 5.31. The SMILES string of the molecule is C=CCN1CCN(C(=O)OCc2ccccc2)CC1. The highest BCUT2D eigenvalue weighted by molar-refractivity contribution is 5.67. The second kappa shape index (κ2) is 6.95. The molecule has 102 valence electrons. The number of carbonyl (C=O) groups is 1. The Bertz CT molecular complexity index is 411. The van der Waals surface area contributed by atoms with Crippen molar-refractivity contribution in [1.29, 1.82) is 0 Å². The van der Waals surface area contributed by atoms with E-state index in [1.165, 1.54) is 0 Å². The summed E-state index contributed by atoms with van der Waals surface area (Å²) in [7, 11) is 0. The van der Waals surface area contributed by atoms with Gasteiger partial charge in [-0.2, -0.15) is 0 Å². The van der Waals surface area contributed by atoms with E-state index < -0.39 is 0 Å². The zero-order valence-electron chi connectivity index (χ0n) is 11.1. The number of nitrogens with zero attached hydrogens (tertiary/aromatic N) is 2. The van der Waals surface area contributed by atoms with E-state index >= 15 is 0 Å². The van der Waals surface area contributed by atoms with Crippen LogP contribution in [0, 0.1) is 0 Å². The van der Waals surface area contributed by atoms with Crippen molar-refractivity contribution < 1.29 is 9.53 Å². The van der Waals surface area contributed by atoms with Crippen LogP contribution in [0.4, 0.5) is 4.79 Å². The average Bonchev–Trinajstić information content (AvgIpc) is 2.47. The van der Waals surface area contributed by atoms with Crippen molar-refractivity contribution >= 4 is 6.09 Å². The minimum absolute atomic E-state index is 0.220. The molecule has 1 aliphatic rings. The van der Waals surface area contributed by atoms with Gasteiger partial charge in [0.05, 0.1) is 0 Å². The Kier molecular flexibility index (Phi) is 4.98. The average molecular weight is 260 g/mol. The topological polar surface area (TPSA) is 32.8 Å². The molecule has 4 nitrogen and oxygen atoms in total. The Morgan fingerprint density at radius 1 is 1.21 bits per heavy atom. The lowest BCUT2D eigenvalue weighted by Crippen LogP contribution is -2.48. The number of benzene rings is 1. The monoisotopic (exact) mass is 260 g/mol. The highest BCUT2D eigenvalue weighted by atomic mass is 16.6. The standard InChI is InChI=1S/C15H20N2O2/c1-2-8-16-9-11-17(12-10-16)15(18)19-13-14-6-4-3-5-7-14/h2-7H,1,8-13H2. The second-order valence-electron chi connectivity index (χ2n) is 4.62. The summed E-state index contributed by atoms with van der Waals surface area (Å²) in [5.74, 6) is 0. The van der Waals surface area contributed by atoms with Crippen molar-refractivity contribution in [1.82, 2.24) is 9.80 Å². The van der Waals surface area contributed by atoms with E-state index in [0.29, 0.717) is 6.61 Å². The van der Waals surface area contributed by atoms with E-state index in [2.05, 4.69) is 11.5 Å². The molecular formula is C15H20N2O2. The van der Waals surface area contributed by atoms with E-state index in [1.807, 2.05) is 36.4 Å². The summed E-state index contributed by atoms with van der Waals surface area (Å²) in [5, 5.41) is 0. The second-order valence-corrected chi connectivity index (χ2v) is 4.62. The van der Waals surface area contributed by atoms with Crippen LogP contribution in [0.3, 0.4) is 0 Å². The maximum absolute atomic E-state index is 11.9. The van der Waals surface area contributed by atoms with Gasteiger partial charge in [-0.1, -0.05) is 36.4 Å². The van der Waals surface area contributed by atoms with Crippen LogP contribution in [-0.2, 0) is 11.3 Å². The highest BCUT2D eigenvalue weighted by Crippen LogP contribution is 2.06. The number of hydrogen-bond acceptors (Lipinski definition) is 3. The van der Waals surface area contributed by atoms with Crippen molar-refractivity contribution in [3.8, 4) is 0 Å². The molecule has 1 heterocycles. The van der Waals surface area contributed by atoms with Gasteiger partial charge >= 0.3 is 6.09 Å². The van der Waals surface area contributed by atoms with Crippen LogP contribution in [0.1, 0.15) is 5.56 Å². The molecule has 1 amide bonds. The summed E-state index contributed by atoms with van der Waals surface area (Å²) in [4.78, 5) is 15.9. The first-order valence-corrected chi connectivity index (χ1v) is 6.58. The lowest BCUT2D eigenvalue weighted by Gasteiger charge is -2.33. The van der Waals surface area contributed by atoms with Crippen LogP contribution in [0.15, 0.2) is 43.0 Å². The van der Waals surface area contributed by atoms with Crippen LogP contribution in [0.2, 0.25) is 0 Å². The molecule has 0 radical (unpaired) electrons. The molecule has 19 heavy (non-hydrogen) atoms. The molecule has 1 fully saturated rings. The Labute approximate surface area is 114 Å². The van der Waals surface area contributed by atoms with Crippen molar-refractivity contribution in [2.75, 3.05) is 32.7 Å². The normalized spacial score (nSPS) is 16.1. The summed E-state index contributed by atoms with van der Waals surface area (Å²) in [6.07, 6.45) is 1.67. The van der Waals surface area contributed by atoms with Crippen molar-refractivity contribution in [3.05, 3.63) is 48.6 Å². The maximum Gasteiger partial charge on any atom is 0.410 e. The fourth-order valence-corrected chi connectivity index (χ4v) is 2.11. The van der Waals surface area contributed by atoms with Gasteiger partial charge in [-0.3, -0.25) is 4.90 Å². The third-order valence-electron chi connectivity index (χ3n) is 3.22. The third kappa shape index (κ3) is 4.10. The molecule has 0 N–H and O–H groups in total. The van der Waals surface area contributed by atoms with Gasteiger partial charge in [0, 0.05) is 32.7 Å². The van der Waals surface area contributed by atoms with E-state index in [9.17, 15) is 4.79 Å². The van der Waals surface area contributed by atoms with Crippen molar-refractivity contribution in [2.45, 2.75) is 6.61 Å². The lowest BCUT2D eigenvalue weighted by atomic mass is 10.2. The van der Waals surface area contributed by atoms with E-state index in [-0.39, 0.29) is 6.09 Å². The molecule has 1 aromatic rings. The van der Waals surface area contributed by atoms with E-state index in [4.69, 9.17) is 4.74 Å². The molecule has 0 bridgehead atoms. The van der Waals surface area contributed by atoms with Crippen LogP contribution < -0.4 is 0 Å². The fraction of sp³-hybridized carbons (Fsp3) is 0.400. The van der Waals surface area contributed by atoms with Gasteiger partial charge in [-0.05, 0) is 5.56 Å².